The van der Waals surface area contributed by atoms with E-state index in [0.717, 1.165) is 0 Å². The molecule has 1 N–H and O–H groups in total. The van der Waals surface area contributed by atoms with Gasteiger partial charge in [-0.3, -0.25) is 5.32 Å². The highest BCUT2D eigenvalue weighted by Gasteiger charge is 2.07. The molecule has 0 aliphatic heterocycles. The number of hydrogen-bond donors (Lipinski definition) is 1. The Morgan fingerprint density at radius 1 is 1.69 bits per heavy atom. The van der Waals surface area contributed by atoms with Gasteiger partial charge in [-0.2, -0.15) is 5.26 Å². The molecule has 0 unspecified atom stereocenters. The molecule has 0 heterocycles. The zero-order valence-electron chi connectivity index (χ0n) is 8.09. The van der Waals surface area contributed by atoms with Crippen molar-refractivity contribution < 1.29 is 4.39 Å². The van der Waals surface area contributed by atoms with Crippen LogP contribution >= 0.6 is 46.0 Å². The average Bonchev–Trinajstić information content (AvgIpc) is 2.25. The third-order valence-corrected chi connectivity index (χ3v) is 3.67. The van der Waals surface area contributed by atoms with Gasteiger partial charge in [0.15, 0.2) is 11.4 Å². The number of rotatable bonds is 1. The molecule has 0 fully saturated rings. The molecule has 0 bridgehead atoms. The normalized spacial score (nSPS) is 11.1. The molecule has 0 aromatic heterocycles. The number of amidine groups is 1. The summed E-state index contributed by atoms with van der Waals surface area (Å²) in [5, 5.41) is 11.5. The molecule has 0 spiro atoms. The predicted octanol–water partition coefficient (Wildman–Crippen LogP) is 3.50. The van der Waals surface area contributed by atoms with Gasteiger partial charge in [0.05, 0.1) is 5.02 Å². The second-order valence-corrected chi connectivity index (χ2v) is 4.94. The summed E-state index contributed by atoms with van der Waals surface area (Å²) in [5.41, 5.74) is 0.154. The second-order valence-electron chi connectivity index (χ2n) is 2.58. The van der Waals surface area contributed by atoms with Crippen LogP contribution in [0.3, 0.4) is 0 Å². The van der Waals surface area contributed by atoms with E-state index >= 15 is 0 Å². The van der Waals surface area contributed by atoms with E-state index in [1.165, 1.54) is 23.9 Å². The Balaban J connectivity index is 3.14. The van der Waals surface area contributed by atoms with Gasteiger partial charge < -0.3 is 0 Å². The minimum absolute atomic E-state index is 0.154. The Morgan fingerprint density at radius 2 is 2.38 bits per heavy atom. The molecule has 0 aliphatic rings. The molecule has 0 saturated carbocycles. The first kappa shape index (κ1) is 13.5. The lowest BCUT2D eigenvalue weighted by atomic mass is 10.3. The lowest BCUT2D eigenvalue weighted by Gasteiger charge is -2.03. The van der Waals surface area contributed by atoms with E-state index in [0.29, 0.717) is 13.8 Å². The Morgan fingerprint density at radius 3 is 2.94 bits per heavy atom. The largest absolute Gasteiger partial charge is 0.271 e. The first-order chi connectivity index (χ1) is 7.58. The van der Waals surface area contributed by atoms with Crippen LogP contribution in [-0.2, 0) is 0 Å². The molecule has 0 saturated heterocycles. The second kappa shape index (κ2) is 6.27. The Hall–Kier alpha value is -0.520. The number of nitriles is 1. The van der Waals surface area contributed by atoms with Crippen molar-refractivity contribution in [2.45, 2.75) is 0 Å². The van der Waals surface area contributed by atoms with Crippen molar-refractivity contribution in [1.29, 1.82) is 5.26 Å². The molecule has 1 aromatic carbocycles. The van der Waals surface area contributed by atoms with E-state index in [4.69, 9.17) is 16.9 Å². The third kappa shape index (κ3) is 3.50. The summed E-state index contributed by atoms with van der Waals surface area (Å²) < 4.78 is 14.2. The SMILES string of the molecule is CSC(=Nc1cc(I)c(Cl)cc1F)NC#N. The highest BCUT2D eigenvalue weighted by Crippen LogP contribution is 2.27. The van der Waals surface area contributed by atoms with Crippen LogP contribution in [0.25, 0.3) is 0 Å². The monoisotopic (exact) mass is 369 g/mol. The topological polar surface area (TPSA) is 48.2 Å². The molecule has 0 atom stereocenters. The summed E-state index contributed by atoms with van der Waals surface area (Å²) in [4.78, 5) is 3.98. The average molecular weight is 370 g/mol. The maximum absolute atomic E-state index is 13.5. The van der Waals surface area contributed by atoms with E-state index in [9.17, 15) is 4.39 Å². The molecule has 84 valence electrons. The van der Waals surface area contributed by atoms with E-state index in [-0.39, 0.29) is 5.69 Å². The molecular formula is C9H6ClFIN3S. The number of nitrogens with one attached hydrogen (secondary N) is 1. The summed E-state index contributed by atoms with van der Waals surface area (Å²) in [6.07, 6.45) is 3.47. The highest BCUT2D eigenvalue weighted by molar-refractivity contribution is 14.1. The van der Waals surface area contributed by atoms with Gasteiger partial charge in [-0.1, -0.05) is 23.4 Å². The standard InChI is InChI=1S/C9H6ClFIN3S/c1-16-9(14-4-13)15-8-3-7(12)5(10)2-6(8)11/h2-3H,1H3,(H,14,15). The maximum Gasteiger partial charge on any atom is 0.183 e. The van der Waals surface area contributed by atoms with Crippen molar-refractivity contribution >= 4 is 56.8 Å². The van der Waals surface area contributed by atoms with E-state index in [1.807, 2.05) is 22.6 Å². The minimum Gasteiger partial charge on any atom is -0.271 e. The smallest absolute Gasteiger partial charge is 0.183 e. The Labute approximate surface area is 115 Å². The first-order valence-corrected chi connectivity index (χ1v) is 6.69. The van der Waals surface area contributed by atoms with Gasteiger partial charge in [0, 0.05) is 3.57 Å². The van der Waals surface area contributed by atoms with Crippen molar-refractivity contribution in [3.8, 4) is 6.19 Å². The van der Waals surface area contributed by atoms with Crippen molar-refractivity contribution in [3.05, 3.63) is 26.5 Å². The van der Waals surface area contributed by atoms with Crippen LogP contribution in [0.2, 0.25) is 5.02 Å². The van der Waals surface area contributed by atoms with Gasteiger partial charge in [0.25, 0.3) is 0 Å². The number of halogens is 3. The summed E-state index contributed by atoms with van der Waals surface area (Å²) >= 11 is 8.96. The molecule has 3 nitrogen and oxygen atoms in total. The fourth-order valence-corrected chi connectivity index (χ4v) is 1.82. The van der Waals surface area contributed by atoms with Crippen molar-refractivity contribution in [3.63, 3.8) is 0 Å². The van der Waals surface area contributed by atoms with Gasteiger partial charge in [-0.05, 0) is 41.0 Å². The lowest BCUT2D eigenvalue weighted by molar-refractivity contribution is 0.629. The Kier molecular flexibility index (Phi) is 5.31. The van der Waals surface area contributed by atoms with Crippen LogP contribution < -0.4 is 5.32 Å². The third-order valence-electron chi connectivity index (χ3n) is 1.57. The van der Waals surface area contributed by atoms with Crippen LogP contribution in [0.4, 0.5) is 10.1 Å². The van der Waals surface area contributed by atoms with E-state index < -0.39 is 5.82 Å². The molecular weight excluding hydrogens is 364 g/mol. The molecule has 1 rings (SSSR count). The van der Waals surface area contributed by atoms with E-state index in [1.54, 1.807) is 12.4 Å². The molecule has 0 aliphatic carbocycles. The van der Waals surface area contributed by atoms with Gasteiger partial charge in [-0.25, -0.2) is 9.38 Å². The quantitative estimate of drug-likeness (QED) is 0.206. The van der Waals surface area contributed by atoms with Gasteiger partial charge in [-0.15, -0.1) is 0 Å². The fourth-order valence-electron chi connectivity index (χ4n) is 0.880. The Bertz CT molecular complexity index is 473. The van der Waals surface area contributed by atoms with Crippen LogP contribution in [0, 0.1) is 20.8 Å². The molecule has 0 amide bonds. The van der Waals surface area contributed by atoms with E-state index in [2.05, 4.69) is 10.3 Å². The number of benzene rings is 1. The summed E-state index contributed by atoms with van der Waals surface area (Å²) in [7, 11) is 0. The first-order valence-electron chi connectivity index (χ1n) is 4.00. The maximum atomic E-state index is 13.5. The van der Waals surface area contributed by atoms with Crippen LogP contribution in [-0.4, -0.2) is 11.4 Å². The minimum atomic E-state index is -0.517. The molecule has 0 radical (unpaired) electrons. The summed E-state index contributed by atoms with van der Waals surface area (Å²) in [5.74, 6) is -0.517. The number of thioether (sulfide) groups is 1. The van der Waals surface area contributed by atoms with Crippen LogP contribution in [0.5, 0.6) is 0 Å². The van der Waals surface area contributed by atoms with Gasteiger partial charge in [0.2, 0.25) is 0 Å². The molecule has 16 heavy (non-hydrogen) atoms. The molecule has 1 aromatic rings. The van der Waals surface area contributed by atoms with Crippen LogP contribution in [0.15, 0.2) is 17.1 Å². The number of hydrogen-bond acceptors (Lipinski definition) is 3. The number of aliphatic imine (C=N–C) groups is 1. The van der Waals surface area contributed by atoms with Gasteiger partial charge >= 0.3 is 0 Å². The van der Waals surface area contributed by atoms with Crippen molar-refractivity contribution in [1.82, 2.24) is 5.32 Å². The predicted molar refractivity (Wildman–Crippen MR) is 73.5 cm³/mol. The summed E-state index contributed by atoms with van der Waals surface area (Å²) in [6.45, 7) is 0. The van der Waals surface area contributed by atoms with Gasteiger partial charge in [0.1, 0.15) is 11.5 Å². The summed E-state index contributed by atoms with van der Waals surface area (Å²) in [6, 6.07) is 2.72. The van der Waals surface area contributed by atoms with Crippen molar-refractivity contribution in [2.24, 2.45) is 4.99 Å². The lowest BCUT2D eigenvalue weighted by Crippen LogP contribution is -2.12. The highest BCUT2D eigenvalue weighted by atomic mass is 127. The zero-order chi connectivity index (χ0) is 12.1. The molecule has 7 heteroatoms. The fraction of sp³-hybridized carbons (Fsp3) is 0.111. The van der Waals surface area contributed by atoms with Crippen molar-refractivity contribution in [2.75, 3.05) is 6.26 Å². The zero-order valence-corrected chi connectivity index (χ0v) is 11.8. The number of nitrogens with zero attached hydrogens (tertiary/aromatic N) is 2. The van der Waals surface area contributed by atoms with Crippen LogP contribution in [0.1, 0.15) is 0 Å².